The fraction of sp³-hybridized carbons (Fsp3) is 0.891. The van der Waals surface area contributed by atoms with Gasteiger partial charge in [0.2, 0.25) is 0 Å². The van der Waals surface area contributed by atoms with Gasteiger partial charge in [0.25, 0.3) is 0 Å². The van der Waals surface area contributed by atoms with E-state index in [0.29, 0.717) is 19.3 Å². The molecule has 0 bridgehead atoms. The van der Waals surface area contributed by atoms with Crippen molar-refractivity contribution < 1.29 is 28.6 Å². The third-order valence-corrected chi connectivity index (χ3v) is 14.2. The minimum absolute atomic E-state index is 0.0712. The summed E-state index contributed by atoms with van der Waals surface area (Å²) < 4.78 is 16.9. The molecule has 0 aromatic heterocycles. The number of esters is 3. The normalized spacial score (nSPS) is 12.1. The average Bonchev–Trinajstić information content (AvgIpc) is 3.36. The van der Waals surface area contributed by atoms with Gasteiger partial charge in [-0.15, -0.1) is 0 Å². The van der Waals surface area contributed by atoms with Gasteiger partial charge in [-0.2, -0.15) is 0 Å². The molecule has 0 spiro atoms. The van der Waals surface area contributed by atoms with Gasteiger partial charge in [-0.1, -0.05) is 302 Å². The van der Waals surface area contributed by atoms with E-state index in [4.69, 9.17) is 14.2 Å². The first-order chi connectivity index (χ1) is 34.5. The Labute approximate surface area is 436 Å². The number of hydrogen-bond donors (Lipinski definition) is 0. The molecule has 0 saturated heterocycles. The first-order valence-corrected chi connectivity index (χ1v) is 31.3. The van der Waals surface area contributed by atoms with E-state index in [2.05, 4.69) is 45.1 Å². The second-order valence-corrected chi connectivity index (χ2v) is 21.3. The van der Waals surface area contributed by atoms with Gasteiger partial charge in [0.1, 0.15) is 13.2 Å². The summed E-state index contributed by atoms with van der Waals surface area (Å²) in [4.78, 5) is 38.2. The maximum Gasteiger partial charge on any atom is 0.306 e. The summed E-state index contributed by atoms with van der Waals surface area (Å²) >= 11 is 0. The second-order valence-electron chi connectivity index (χ2n) is 21.3. The van der Waals surface area contributed by atoms with E-state index in [0.717, 1.165) is 77.0 Å². The Morgan fingerprint density at radius 1 is 0.286 bits per heavy atom. The highest BCUT2D eigenvalue weighted by molar-refractivity contribution is 5.71. The van der Waals surface area contributed by atoms with Crippen molar-refractivity contribution in [3.05, 3.63) is 24.3 Å². The molecule has 6 nitrogen and oxygen atoms in total. The summed E-state index contributed by atoms with van der Waals surface area (Å²) in [5.74, 6) is -0.860. The van der Waals surface area contributed by atoms with Crippen LogP contribution in [-0.4, -0.2) is 37.2 Å². The van der Waals surface area contributed by atoms with Crippen LogP contribution in [0.4, 0.5) is 0 Å². The summed E-state index contributed by atoms with van der Waals surface area (Å²) in [7, 11) is 0. The maximum absolute atomic E-state index is 12.9. The third kappa shape index (κ3) is 56.8. The maximum atomic E-state index is 12.9. The monoisotopic (exact) mass is 985 g/mol. The molecule has 0 radical (unpaired) electrons. The predicted octanol–water partition coefficient (Wildman–Crippen LogP) is 21.1. The van der Waals surface area contributed by atoms with Crippen LogP contribution >= 0.6 is 0 Å². The number of unbranched alkanes of at least 4 members (excludes halogenated alkanes) is 43. The van der Waals surface area contributed by atoms with Crippen LogP contribution in [0.15, 0.2) is 24.3 Å². The summed E-state index contributed by atoms with van der Waals surface area (Å²) in [5, 5.41) is 0. The van der Waals surface area contributed by atoms with Gasteiger partial charge in [0.15, 0.2) is 6.10 Å². The van der Waals surface area contributed by atoms with Crippen LogP contribution in [0.2, 0.25) is 0 Å². The number of rotatable bonds is 58. The summed E-state index contributed by atoms with van der Waals surface area (Å²) in [5.41, 5.74) is 0. The van der Waals surface area contributed by atoms with E-state index in [-0.39, 0.29) is 31.1 Å². The van der Waals surface area contributed by atoms with Crippen molar-refractivity contribution >= 4 is 17.9 Å². The zero-order valence-electron chi connectivity index (χ0n) is 47.3. The number of hydrogen-bond acceptors (Lipinski definition) is 6. The van der Waals surface area contributed by atoms with Gasteiger partial charge in [-0.25, -0.2) is 0 Å². The Bertz CT molecular complexity index is 1130. The molecule has 0 heterocycles. The van der Waals surface area contributed by atoms with Crippen LogP contribution in [-0.2, 0) is 28.6 Å². The Morgan fingerprint density at radius 3 is 0.800 bits per heavy atom. The lowest BCUT2D eigenvalue weighted by Gasteiger charge is -2.18. The van der Waals surface area contributed by atoms with Crippen molar-refractivity contribution in [3.8, 4) is 0 Å². The molecule has 412 valence electrons. The van der Waals surface area contributed by atoms with Crippen LogP contribution in [0.3, 0.4) is 0 Å². The zero-order chi connectivity index (χ0) is 50.7. The van der Waals surface area contributed by atoms with Gasteiger partial charge in [0.05, 0.1) is 0 Å². The number of carbonyl (C=O) groups excluding carboxylic acids is 3. The molecule has 70 heavy (non-hydrogen) atoms. The van der Waals surface area contributed by atoms with E-state index in [1.807, 2.05) is 0 Å². The Hall–Kier alpha value is -2.11. The van der Waals surface area contributed by atoms with E-state index >= 15 is 0 Å². The first kappa shape index (κ1) is 67.9. The molecule has 0 rings (SSSR count). The molecule has 0 aliphatic carbocycles. The fourth-order valence-corrected chi connectivity index (χ4v) is 9.48. The molecule has 1 unspecified atom stereocenters. The number of allylic oxidation sites excluding steroid dienone is 4. The SMILES string of the molecule is CCCCCC/C=C\C/C=C\CCCCCCCC(=O)OC(COC(=O)CCCCCCCCCCCCCCC)COC(=O)CCCCCCCCCCCCCCCCCCCCCCCCC. The summed E-state index contributed by atoms with van der Waals surface area (Å²) in [6.07, 6.45) is 70.4. The molecule has 0 aliphatic heterocycles. The van der Waals surface area contributed by atoms with Crippen LogP contribution in [0, 0.1) is 0 Å². The highest BCUT2D eigenvalue weighted by Crippen LogP contribution is 2.18. The minimum Gasteiger partial charge on any atom is -0.462 e. The Balaban J connectivity index is 4.25. The number of ether oxygens (including phenoxy) is 3. The van der Waals surface area contributed by atoms with Gasteiger partial charge >= 0.3 is 17.9 Å². The molecular formula is C64H120O6. The summed E-state index contributed by atoms with van der Waals surface area (Å²) in [6.45, 7) is 6.67. The first-order valence-electron chi connectivity index (χ1n) is 31.3. The Kier molecular flexibility index (Phi) is 57.7. The molecule has 0 aliphatic rings. The predicted molar refractivity (Wildman–Crippen MR) is 303 cm³/mol. The largest absolute Gasteiger partial charge is 0.462 e. The molecular weight excluding hydrogens is 865 g/mol. The van der Waals surface area contributed by atoms with Crippen LogP contribution in [0.5, 0.6) is 0 Å². The van der Waals surface area contributed by atoms with Gasteiger partial charge in [-0.3, -0.25) is 14.4 Å². The van der Waals surface area contributed by atoms with Crippen molar-refractivity contribution in [1.82, 2.24) is 0 Å². The lowest BCUT2D eigenvalue weighted by Crippen LogP contribution is -2.30. The van der Waals surface area contributed by atoms with Crippen LogP contribution in [0.25, 0.3) is 0 Å². The highest BCUT2D eigenvalue weighted by atomic mass is 16.6. The average molecular weight is 986 g/mol. The van der Waals surface area contributed by atoms with Gasteiger partial charge in [0, 0.05) is 19.3 Å². The minimum atomic E-state index is -0.774. The topological polar surface area (TPSA) is 78.9 Å². The lowest BCUT2D eigenvalue weighted by atomic mass is 10.0. The molecule has 6 heteroatoms. The fourth-order valence-electron chi connectivity index (χ4n) is 9.48. The second kappa shape index (κ2) is 59.5. The van der Waals surface area contributed by atoms with Crippen molar-refractivity contribution in [2.75, 3.05) is 13.2 Å². The number of carbonyl (C=O) groups is 3. The lowest BCUT2D eigenvalue weighted by molar-refractivity contribution is -0.167. The highest BCUT2D eigenvalue weighted by Gasteiger charge is 2.19. The van der Waals surface area contributed by atoms with Crippen LogP contribution < -0.4 is 0 Å². The molecule has 0 aromatic rings. The van der Waals surface area contributed by atoms with E-state index in [9.17, 15) is 14.4 Å². The van der Waals surface area contributed by atoms with Gasteiger partial charge in [-0.05, 0) is 51.4 Å². The molecule has 0 fully saturated rings. The van der Waals surface area contributed by atoms with Crippen molar-refractivity contribution in [1.29, 1.82) is 0 Å². The van der Waals surface area contributed by atoms with Crippen molar-refractivity contribution in [2.45, 2.75) is 354 Å². The quantitative estimate of drug-likeness (QED) is 0.0261. The molecule has 1 atom stereocenters. The summed E-state index contributed by atoms with van der Waals surface area (Å²) in [6, 6.07) is 0. The molecule has 0 N–H and O–H groups in total. The molecule has 0 aromatic carbocycles. The van der Waals surface area contributed by atoms with Crippen LogP contribution in [0.1, 0.15) is 348 Å². The van der Waals surface area contributed by atoms with Gasteiger partial charge < -0.3 is 14.2 Å². The molecule has 0 amide bonds. The Morgan fingerprint density at radius 2 is 0.514 bits per heavy atom. The standard InChI is InChI=1S/C64H120O6/c1-4-7-10-13-16-19-22-25-27-29-30-31-32-33-34-35-37-39-42-45-48-51-54-57-63(66)69-60-61(59-68-62(65)56-53-50-47-44-41-38-24-21-18-15-12-9-6-3)70-64(67)58-55-52-49-46-43-40-36-28-26-23-20-17-14-11-8-5-2/h20,23,28,36,61H,4-19,21-22,24-27,29-35,37-60H2,1-3H3/b23-20-,36-28-. The van der Waals surface area contributed by atoms with E-state index in [1.54, 1.807) is 0 Å². The molecule has 0 saturated carbocycles. The van der Waals surface area contributed by atoms with Crippen molar-refractivity contribution in [2.24, 2.45) is 0 Å². The zero-order valence-corrected chi connectivity index (χ0v) is 47.3. The van der Waals surface area contributed by atoms with E-state index in [1.165, 1.54) is 231 Å². The van der Waals surface area contributed by atoms with E-state index < -0.39 is 6.10 Å². The third-order valence-electron chi connectivity index (χ3n) is 14.2. The van der Waals surface area contributed by atoms with Crippen molar-refractivity contribution in [3.63, 3.8) is 0 Å². The smallest absolute Gasteiger partial charge is 0.306 e.